The molecule has 1 aromatic rings. The summed E-state index contributed by atoms with van der Waals surface area (Å²) in [5, 5.41) is 18.1. The standard InChI is InChI=1S/C11H12O3/c12-7-9-6-11(9,10(13)14)8-4-2-1-3-5-8/h1-5,9,12H,6-7H2,(H,13,14). The largest absolute Gasteiger partial charge is 0.481 e. The molecule has 2 atom stereocenters. The Balaban J connectivity index is 2.36. The highest BCUT2D eigenvalue weighted by Gasteiger charge is 2.61. The molecule has 14 heavy (non-hydrogen) atoms. The summed E-state index contributed by atoms with van der Waals surface area (Å²) in [7, 11) is 0. The first-order chi connectivity index (χ1) is 6.71. The van der Waals surface area contributed by atoms with Gasteiger partial charge in [0.1, 0.15) is 0 Å². The molecule has 1 aliphatic rings. The first kappa shape index (κ1) is 9.21. The molecule has 0 bridgehead atoms. The van der Waals surface area contributed by atoms with Crippen molar-refractivity contribution in [3.05, 3.63) is 35.9 Å². The molecule has 2 N–H and O–H groups in total. The Morgan fingerprint density at radius 1 is 1.43 bits per heavy atom. The summed E-state index contributed by atoms with van der Waals surface area (Å²) in [6.07, 6.45) is 0.544. The van der Waals surface area contributed by atoms with Crippen molar-refractivity contribution in [2.24, 2.45) is 5.92 Å². The van der Waals surface area contributed by atoms with Gasteiger partial charge in [-0.3, -0.25) is 4.79 Å². The number of hydrogen-bond acceptors (Lipinski definition) is 2. The van der Waals surface area contributed by atoms with E-state index < -0.39 is 11.4 Å². The average Bonchev–Trinajstić information content (AvgIpc) is 2.94. The summed E-state index contributed by atoms with van der Waals surface area (Å²) in [5.74, 6) is -0.954. The average molecular weight is 192 g/mol. The van der Waals surface area contributed by atoms with Crippen molar-refractivity contribution in [2.75, 3.05) is 6.61 Å². The van der Waals surface area contributed by atoms with Gasteiger partial charge in [0.25, 0.3) is 0 Å². The van der Waals surface area contributed by atoms with Crippen molar-refractivity contribution in [3.63, 3.8) is 0 Å². The molecular formula is C11H12O3. The lowest BCUT2D eigenvalue weighted by molar-refractivity contribution is -0.140. The number of benzene rings is 1. The van der Waals surface area contributed by atoms with Gasteiger partial charge in [0.15, 0.2) is 0 Å². The van der Waals surface area contributed by atoms with E-state index in [0.29, 0.717) is 6.42 Å². The Morgan fingerprint density at radius 3 is 2.50 bits per heavy atom. The van der Waals surface area contributed by atoms with Crippen LogP contribution in [-0.4, -0.2) is 22.8 Å². The number of rotatable bonds is 3. The van der Waals surface area contributed by atoms with Crippen molar-refractivity contribution in [1.29, 1.82) is 0 Å². The molecule has 1 fully saturated rings. The molecule has 3 heteroatoms. The van der Waals surface area contributed by atoms with Gasteiger partial charge in [-0.25, -0.2) is 0 Å². The van der Waals surface area contributed by atoms with E-state index >= 15 is 0 Å². The van der Waals surface area contributed by atoms with Gasteiger partial charge in [0, 0.05) is 12.5 Å². The summed E-state index contributed by atoms with van der Waals surface area (Å²) < 4.78 is 0. The van der Waals surface area contributed by atoms with Crippen LogP contribution in [0.15, 0.2) is 30.3 Å². The highest BCUT2D eigenvalue weighted by atomic mass is 16.4. The molecule has 3 nitrogen and oxygen atoms in total. The van der Waals surface area contributed by atoms with E-state index in [1.807, 2.05) is 30.3 Å². The monoisotopic (exact) mass is 192 g/mol. The molecule has 0 spiro atoms. The molecule has 74 valence electrons. The molecule has 2 rings (SSSR count). The Kier molecular flexibility index (Phi) is 2.04. The number of hydrogen-bond donors (Lipinski definition) is 2. The smallest absolute Gasteiger partial charge is 0.314 e. The van der Waals surface area contributed by atoms with E-state index in [1.54, 1.807) is 0 Å². The summed E-state index contributed by atoms with van der Waals surface area (Å²) in [4.78, 5) is 11.1. The van der Waals surface area contributed by atoms with Gasteiger partial charge in [-0.2, -0.15) is 0 Å². The lowest BCUT2D eigenvalue weighted by Crippen LogP contribution is -2.23. The second-order valence-corrected chi connectivity index (χ2v) is 3.73. The van der Waals surface area contributed by atoms with Crippen molar-refractivity contribution in [3.8, 4) is 0 Å². The molecule has 1 aromatic carbocycles. The van der Waals surface area contributed by atoms with Crippen LogP contribution >= 0.6 is 0 Å². The van der Waals surface area contributed by atoms with Crippen molar-refractivity contribution in [2.45, 2.75) is 11.8 Å². The van der Waals surface area contributed by atoms with E-state index in [-0.39, 0.29) is 12.5 Å². The molecule has 0 amide bonds. The molecule has 0 radical (unpaired) electrons. The fourth-order valence-corrected chi connectivity index (χ4v) is 2.02. The summed E-state index contributed by atoms with van der Waals surface area (Å²) in [6, 6.07) is 9.13. The van der Waals surface area contributed by atoms with Crippen LogP contribution in [0.5, 0.6) is 0 Å². The fourth-order valence-electron chi connectivity index (χ4n) is 2.02. The van der Waals surface area contributed by atoms with E-state index in [0.717, 1.165) is 5.56 Å². The number of aliphatic hydroxyl groups is 1. The van der Waals surface area contributed by atoms with Crippen LogP contribution in [0.1, 0.15) is 12.0 Å². The second kappa shape index (κ2) is 3.10. The first-order valence-corrected chi connectivity index (χ1v) is 4.61. The Hall–Kier alpha value is -1.35. The highest BCUT2D eigenvalue weighted by Crippen LogP contribution is 2.54. The molecule has 2 unspecified atom stereocenters. The third-order valence-corrected chi connectivity index (χ3v) is 3.00. The van der Waals surface area contributed by atoms with Gasteiger partial charge >= 0.3 is 5.97 Å². The van der Waals surface area contributed by atoms with Crippen molar-refractivity contribution >= 4 is 5.97 Å². The SMILES string of the molecule is O=C(O)C1(c2ccccc2)CC1CO. The van der Waals surface area contributed by atoms with Crippen LogP contribution in [0.3, 0.4) is 0 Å². The zero-order valence-corrected chi connectivity index (χ0v) is 7.68. The lowest BCUT2D eigenvalue weighted by Gasteiger charge is -2.11. The van der Waals surface area contributed by atoms with Gasteiger partial charge in [0.05, 0.1) is 5.41 Å². The maximum Gasteiger partial charge on any atom is 0.314 e. The van der Waals surface area contributed by atoms with E-state index in [2.05, 4.69) is 0 Å². The van der Waals surface area contributed by atoms with Gasteiger partial charge in [-0.1, -0.05) is 30.3 Å². The zero-order chi connectivity index (χ0) is 10.2. The maximum absolute atomic E-state index is 11.1. The van der Waals surface area contributed by atoms with Crippen LogP contribution < -0.4 is 0 Å². The maximum atomic E-state index is 11.1. The normalized spacial score (nSPS) is 29.9. The van der Waals surface area contributed by atoms with Crippen LogP contribution in [0.4, 0.5) is 0 Å². The number of aliphatic hydroxyl groups excluding tert-OH is 1. The number of aliphatic carboxylic acids is 1. The third kappa shape index (κ3) is 1.13. The quantitative estimate of drug-likeness (QED) is 0.751. The molecule has 0 aromatic heterocycles. The van der Waals surface area contributed by atoms with Crippen LogP contribution in [0, 0.1) is 5.92 Å². The van der Waals surface area contributed by atoms with Crippen LogP contribution in [-0.2, 0) is 10.2 Å². The first-order valence-electron chi connectivity index (χ1n) is 4.61. The summed E-state index contributed by atoms with van der Waals surface area (Å²) in [5.41, 5.74) is -0.0257. The molecule has 1 aliphatic carbocycles. The van der Waals surface area contributed by atoms with E-state index in [4.69, 9.17) is 10.2 Å². The number of carboxylic acid groups (broad SMARTS) is 1. The van der Waals surface area contributed by atoms with Crippen molar-refractivity contribution < 1.29 is 15.0 Å². The topological polar surface area (TPSA) is 57.5 Å². The molecule has 0 heterocycles. The predicted octanol–water partition coefficient (Wildman–Crippen LogP) is 1.02. The third-order valence-electron chi connectivity index (χ3n) is 3.00. The Labute approximate surface area is 82.0 Å². The summed E-state index contributed by atoms with van der Waals surface area (Å²) >= 11 is 0. The van der Waals surface area contributed by atoms with E-state index in [1.165, 1.54) is 0 Å². The van der Waals surface area contributed by atoms with E-state index in [9.17, 15) is 4.79 Å². The predicted molar refractivity (Wildman–Crippen MR) is 50.9 cm³/mol. The summed E-state index contributed by atoms with van der Waals surface area (Å²) in [6.45, 7) is -0.0544. The minimum absolute atomic E-state index is 0.0544. The van der Waals surface area contributed by atoms with Gasteiger partial charge < -0.3 is 10.2 Å². The molecule has 1 saturated carbocycles. The van der Waals surface area contributed by atoms with Gasteiger partial charge in [-0.05, 0) is 12.0 Å². The Bertz CT molecular complexity index is 347. The molecular weight excluding hydrogens is 180 g/mol. The minimum Gasteiger partial charge on any atom is -0.481 e. The lowest BCUT2D eigenvalue weighted by atomic mass is 9.93. The number of carbonyl (C=O) groups is 1. The van der Waals surface area contributed by atoms with Gasteiger partial charge in [-0.15, -0.1) is 0 Å². The second-order valence-electron chi connectivity index (χ2n) is 3.73. The van der Waals surface area contributed by atoms with Crippen molar-refractivity contribution in [1.82, 2.24) is 0 Å². The minimum atomic E-state index is -0.831. The van der Waals surface area contributed by atoms with Crippen LogP contribution in [0.2, 0.25) is 0 Å². The highest BCUT2D eigenvalue weighted by molar-refractivity contribution is 5.85. The fraction of sp³-hybridized carbons (Fsp3) is 0.364. The van der Waals surface area contributed by atoms with Crippen LogP contribution in [0.25, 0.3) is 0 Å². The molecule has 0 saturated heterocycles. The Morgan fingerprint density at radius 2 is 2.07 bits per heavy atom. The molecule has 0 aliphatic heterocycles. The van der Waals surface area contributed by atoms with Gasteiger partial charge in [0.2, 0.25) is 0 Å². The zero-order valence-electron chi connectivity index (χ0n) is 7.68. The number of carboxylic acids is 1.